The van der Waals surface area contributed by atoms with Gasteiger partial charge >= 0.3 is 0 Å². The van der Waals surface area contributed by atoms with E-state index in [0.717, 1.165) is 39.2 Å². The van der Waals surface area contributed by atoms with Crippen molar-refractivity contribution in [3.05, 3.63) is 11.1 Å². The fraction of sp³-hybridized carbons (Fsp3) is 0.769. The summed E-state index contributed by atoms with van der Waals surface area (Å²) >= 11 is 1.22. The zero-order valence-corrected chi connectivity index (χ0v) is 12.7. The lowest BCUT2D eigenvalue weighted by molar-refractivity contribution is 0.0711. The molecule has 6 nitrogen and oxygen atoms in total. The summed E-state index contributed by atoms with van der Waals surface area (Å²) in [5.41, 5.74) is 0.658. The van der Waals surface area contributed by atoms with Gasteiger partial charge in [0.15, 0.2) is 5.69 Å². The molecule has 1 amide bonds. The Balaban J connectivity index is 1.73. The van der Waals surface area contributed by atoms with Gasteiger partial charge in [-0.15, -0.1) is 5.10 Å². The Hall–Kier alpha value is -1.05. The first-order valence-corrected chi connectivity index (χ1v) is 7.72. The second-order valence-electron chi connectivity index (χ2n) is 5.98. The summed E-state index contributed by atoms with van der Waals surface area (Å²) in [7, 11) is 3.90. The molecular formula is C13H20N4O2S. The molecule has 0 bridgehead atoms. The largest absolute Gasteiger partial charge is 0.384 e. The van der Waals surface area contributed by atoms with E-state index in [4.69, 9.17) is 4.74 Å². The molecule has 2 saturated heterocycles. The highest BCUT2D eigenvalue weighted by Crippen LogP contribution is 2.43. The number of aromatic nitrogens is 2. The molecule has 0 saturated carbocycles. The summed E-state index contributed by atoms with van der Waals surface area (Å²) in [6, 6.07) is 0. The highest BCUT2D eigenvalue weighted by Gasteiger charge is 2.50. The van der Waals surface area contributed by atoms with E-state index in [-0.39, 0.29) is 11.3 Å². The molecule has 0 N–H and O–H groups in total. The van der Waals surface area contributed by atoms with Gasteiger partial charge in [-0.25, -0.2) is 0 Å². The number of hydrogen-bond donors (Lipinski definition) is 0. The van der Waals surface area contributed by atoms with Gasteiger partial charge in [0, 0.05) is 50.0 Å². The SMILES string of the molecule is COC[C@H]1CN(C)C[C@@]12CCN(C(=O)c1csnn1)C2. The van der Waals surface area contributed by atoms with E-state index in [0.29, 0.717) is 11.6 Å². The Morgan fingerprint density at radius 2 is 2.45 bits per heavy atom. The lowest BCUT2D eigenvalue weighted by atomic mass is 9.78. The first kappa shape index (κ1) is 13.9. The quantitative estimate of drug-likeness (QED) is 0.816. The number of likely N-dealkylation sites (tertiary alicyclic amines) is 2. The Labute approximate surface area is 122 Å². The fourth-order valence-electron chi connectivity index (χ4n) is 3.68. The highest BCUT2D eigenvalue weighted by molar-refractivity contribution is 7.03. The smallest absolute Gasteiger partial charge is 0.275 e. The molecule has 1 aromatic rings. The van der Waals surface area contributed by atoms with Crippen LogP contribution < -0.4 is 0 Å². The summed E-state index contributed by atoms with van der Waals surface area (Å²) in [5.74, 6) is 0.519. The normalized spacial score (nSPS) is 30.5. The average Bonchev–Trinajstić information content (AvgIpc) is 3.12. The van der Waals surface area contributed by atoms with Crippen molar-refractivity contribution in [3.63, 3.8) is 0 Å². The van der Waals surface area contributed by atoms with Crippen LogP contribution in [-0.4, -0.2) is 72.2 Å². The molecule has 0 aromatic carbocycles. The number of rotatable bonds is 3. The van der Waals surface area contributed by atoms with Crippen LogP contribution in [0.5, 0.6) is 0 Å². The van der Waals surface area contributed by atoms with Gasteiger partial charge in [0.1, 0.15) is 0 Å². The number of methoxy groups -OCH3 is 1. The Kier molecular flexibility index (Phi) is 3.74. The minimum Gasteiger partial charge on any atom is -0.384 e. The van der Waals surface area contributed by atoms with Gasteiger partial charge in [-0.05, 0) is 25.0 Å². The Morgan fingerprint density at radius 1 is 1.60 bits per heavy atom. The first-order chi connectivity index (χ1) is 9.64. The Bertz CT molecular complexity index is 481. The molecule has 1 aromatic heterocycles. The van der Waals surface area contributed by atoms with Crippen molar-refractivity contribution in [3.8, 4) is 0 Å². The standard InChI is InChI=1S/C13H20N4O2S/c1-16-5-10(6-19-2)13(8-16)3-4-17(9-13)12(18)11-7-20-15-14-11/h7,10H,3-6,8-9H2,1-2H3/t10-,13-/m1/s1. The highest BCUT2D eigenvalue weighted by atomic mass is 32.1. The molecule has 1 spiro atoms. The average molecular weight is 296 g/mol. The second-order valence-corrected chi connectivity index (χ2v) is 6.59. The number of nitrogens with zero attached hydrogens (tertiary/aromatic N) is 4. The van der Waals surface area contributed by atoms with Gasteiger partial charge < -0.3 is 14.5 Å². The summed E-state index contributed by atoms with van der Waals surface area (Å²) in [6.45, 7) is 4.48. The van der Waals surface area contributed by atoms with Crippen molar-refractivity contribution < 1.29 is 9.53 Å². The van der Waals surface area contributed by atoms with Crippen LogP contribution in [0.15, 0.2) is 5.38 Å². The van der Waals surface area contributed by atoms with Gasteiger partial charge in [-0.1, -0.05) is 4.49 Å². The molecule has 20 heavy (non-hydrogen) atoms. The van der Waals surface area contributed by atoms with E-state index in [2.05, 4.69) is 21.5 Å². The van der Waals surface area contributed by atoms with Crippen molar-refractivity contribution in [1.29, 1.82) is 0 Å². The van der Waals surface area contributed by atoms with Crippen LogP contribution in [-0.2, 0) is 4.74 Å². The third-order valence-corrected chi connectivity index (χ3v) is 5.11. The molecule has 0 unspecified atom stereocenters. The molecule has 2 fully saturated rings. The second kappa shape index (κ2) is 5.38. The van der Waals surface area contributed by atoms with Crippen LogP contribution in [0, 0.1) is 11.3 Å². The number of amides is 1. The zero-order valence-electron chi connectivity index (χ0n) is 11.9. The molecule has 0 aliphatic carbocycles. The minimum absolute atomic E-state index is 0.0151. The maximum Gasteiger partial charge on any atom is 0.275 e. The number of hydrogen-bond acceptors (Lipinski definition) is 6. The maximum atomic E-state index is 12.4. The molecular weight excluding hydrogens is 276 g/mol. The van der Waals surface area contributed by atoms with Crippen molar-refractivity contribution in [1.82, 2.24) is 19.4 Å². The van der Waals surface area contributed by atoms with Crippen LogP contribution in [0.2, 0.25) is 0 Å². The lowest BCUT2D eigenvalue weighted by Crippen LogP contribution is -2.38. The number of carbonyl (C=O) groups excluding carboxylic acids is 1. The predicted molar refractivity (Wildman–Crippen MR) is 75.7 cm³/mol. The van der Waals surface area contributed by atoms with Crippen LogP contribution in [0.25, 0.3) is 0 Å². The monoisotopic (exact) mass is 296 g/mol. The number of carbonyl (C=O) groups is 1. The van der Waals surface area contributed by atoms with E-state index in [1.165, 1.54) is 11.5 Å². The maximum absolute atomic E-state index is 12.4. The summed E-state index contributed by atoms with van der Waals surface area (Å²) in [5, 5.41) is 5.61. The molecule has 2 atom stereocenters. The molecule has 2 aliphatic rings. The topological polar surface area (TPSA) is 58.6 Å². The van der Waals surface area contributed by atoms with Crippen LogP contribution >= 0.6 is 11.5 Å². The van der Waals surface area contributed by atoms with Gasteiger partial charge in [-0.2, -0.15) is 0 Å². The van der Waals surface area contributed by atoms with E-state index < -0.39 is 0 Å². The van der Waals surface area contributed by atoms with E-state index in [9.17, 15) is 4.79 Å². The van der Waals surface area contributed by atoms with Crippen molar-refractivity contribution in [2.75, 3.05) is 46.9 Å². The van der Waals surface area contributed by atoms with Gasteiger partial charge in [-0.3, -0.25) is 4.79 Å². The van der Waals surface area contributed by atoms with Gasteiger partial charge in [0.2, 0.25) is 0 Å². The molecule has 2 aliphatic heterocycles. The molecule has 3 heterocycles. The van der Waals surface area contributed by atoms with Crippen LogP contribution in [0.3, 0.4) is 0 Å². The van der Waals surface area contributed by atoms with Gasteiger partial charge in [0.05, 0.1) is 6.61 Å². The zero-order chi connectivity index (χ0) is 14.2. The van der Waals surface area contributed by atoms with Crippen molar-refractivity contribution in [2.24, 2.45) is 11.3 Å². The summed E-state index contributed by atoms with van der Waals surface area (Å²) in [4.78, 5) is 16.7. The summed E-state index contributed by atoms with van der Waals surface area (Å²) in [6.07, 6.45) is 1.05. The third kappa shape index (κ3) is 2.34. The van der Waals surface area contributed by atoms with E-state index >= 15 is 0 Å². The minimum atomic E-state index is 0.0151. The number of ether oxygens (including phenoxy) is 1. The van der Waals surface area contributed by atoms with Gasteiger partial charge in [0.25, 0.3) is 5.91 Å². The lowest BCUT2D eigenvalue weighted by Gasteiger charge is -2.29. The van der Waals surface area contributed by atoms with E-state index in [1.807, 2.05) is 4.90 Å². The Morgan fingerprint density at radius 3 is 3.15 bits per heavy atom. The molecule has 3 rings (SSSR count). The van der Waals surface area contributed by atoms with Crippen molar-refractivity contribution in [2.45, 2.75) is 6.42 Å². The third-order valence-electron chi connectivity index (χ3n) is 4.60. The van der Waals surface area contributed by atoms with Crippen molar-refractivity contribution >= 4 is 17.4 Å². The van der Waals surface area contributed by atoms with Crippen LogP contribution in [0.4, 0.5) is 0 Å². The first-order valence-electron chi connectivity index (χ1n) is 6.88. The fourth-order valence-corrected chi connectivity index (χ4v) is 4.11. The molecule has 110 valence electrons. The predicted octanol–water partition coefficient (Wildman–Crippen LogP) is 0.578. The molecule has 7 heteroatoms. The van der Waals surface area contributed by atoms with Crippen LogP contribution in [0.1, 0.15) is 16.9 Å². The van der Waals surface area contributed by atoms with E-state index in [1.54, 1.807) is 12.5 Å². The molecule has 0 radical (unpaired) electrons. The summed E-state index contributed by atoms with van der Waals surface area (Å²) < 4.78 is 9.15.